The zero-order valence-corrected chi connectivity index (χ0v) is 12.1. The molecule has 0 spiro atoms. The Morgan fingerprint density at radius 2 is 2.05 bits per heavy atom. The van der Waals surface area contributed by atoms with Crippen LogP contribution in [0.25, 0.3) is 0 Å². The summed E-state index contributed by atoms with van der Waals surface area (Å²) in [6.07, 6.45) is -3.43. The molecule has 0 amide bonds. The Bertz CT molecular complexity index is 614. The second kappa shape index (κ2) is 5.76. The summed E-state index contributed by atoms with van der Waals surface area (Å²) in [5.74, 6) is 4.83. The van der Waals surface area contributed by atoms with Gasteiger partial charge in [-0.15, -0.1) is 11.3 Å². The van der Waals surface area contributed by atoms with E-state index in [-0.39, 0.29) is 9.35 Å². The molecule has 1 heterocycles. The van der Waals surface area contributed by atoms with E-state index >= 15 is 0 Å². The van der Waals surface area contributed by atoms with Crippen molar-refractivity contribution in [2.45, 2.75) is 12.2 Å². The largest absolute Gasteiger partial charge is 0.443 e. The van der Waals surface area contributed by atoms with E-state index in [1.807, 2.05) is 0 Å². The van der Waals surface area contributed by atoms with Crippen molar-refractivity contribution < 1.29 is 17.6 Å². The zero-order chi connectivity index (χ0) is 14.9. The predicted octanol–water partition coefficient (Wildman–Crippen LogP) is 3.62. The van der Waals surface area contributed by atoms with Gasteiger partial charge in [0.1, 0.15) is 5.82 Å². The van der Waals surface area contributed by atoms with Gasteiger partial charge in [-0.2, -0.15) is 13.2 Å². The lowest BCUT2D eigenvalue weighted by Gasteiger charge is -2.14. The molecule has 3 N–H and O–H groups in total. The van der Waals surface area contributed by atoms with Crippen molar-refractivity contribution in [3.63, 3.8) is 0 Å². The fourth-order valence-electron chi connectivity index (χ4n) is 1.59. The van der Waals surface area contributed by atoms with Crippen molar-refractivity contribution in [3.05, 3.63) is 50.1 Å². The monoisotopic (exact) mass is 369 g/mol. The van der Waals surface area contributed by atoms with E-state index in [9.17, 15) is 17.6 Å². The van der Waals surface area contributed by atoms with Crippen LogP contribution < -0.4 is 11.3 Å². The number of hydrogen-bond donors (Lipinski definition) is 2. The summed E-state index contributed by atoms with van der Waals surface area (Å²) in [4.78, 5) is 3.57. The van der Waals surface area contributed by atoms with Crippen LogP contribution in [0.4, 0.5) is 17.6 Å². The first-order valence-corrected chi connectivity index (χ1v) is 6.88. The average Bonchev–Trinajstić information content (AvgIpc) is 2.84. The van der Waals surface area contributed by atoms with Crippen molar-refractivity contribution in [2.24, 2.45) is 5.84 Å². The summed E-state index contributed by atoms with van der Waals surface area (Å²) in [5, 5.41) is -0.967. The van der Waals surface area contributed by atoms with Crippen LogP contribution in [0.15, 0.2) is 28.9 Å². The summed E-state index contributed by atoms with van der Waals surface area (Å²) >= 11 is 3.47. The molecule has 0 fully saturated rings. The van der Waals surface area contributed by atoms with E-state index in [1.165, 1.54) is 12.1 Å². The van der Waals surface area contributed by atoms with Gasteiger partial charge in [0, 0.05) is 11.1 Å². The number of halogens is 5. The number of thiazole rings is 1. The SMILES string of the molecule is NNC(c1ccc(Br)c(F)c1)c1cnc(C(F)(F)F)s1. The summed E-state index contributed by atoms with van der Waals surface area (Å²) in [7, 11) is 0. The fraction of sp³-hybridized carbons (Fsp3) is 0.182. The molecule has 1 aromatic heterocycles. The first-order valence-electron chi connectivity index (χ1n) is 5.27. The third-order valence-corrected chi connectivity index (χ3v) is 4.24. The molecule has 1 unspecified atom stereocenters. The highest BCUT2D eigenvalue weighted by Gasteiger charge is 2.35. The number of hydrazine groups is 1. The molecule has 20 heavy (non-hydrogen) atoms. The van der Waals surface area contributed by atoms with Gasteiger partial charge in [0.25, 0.3) is 0 Å². The Labute approximate surface area is 123 Å². The second-order valence-electron chi connectivity index (χ2n) is 3.84. The van der Waals surface area contributed by atoms with E-state index in [0.29, 0.717) is 16.9 Å². The molecule has 108 valence electrons. The van der Waals surface area contributed by atoms with Crippen LogP contribution in [0.5, 0.6) is 0 Å². The lowest BCUT2D eigenvalue weighted by atomic mass is 10.1. The molecule has 0 bridgehead atoms. The molecule has 0 saturated carbocycles. The highest BCUT2D eigenvalue weighted by molar-refractivity contribution is 9.10. The molecular formula is C11H8BrF4N3S. The van der Waals surface area contributed by atoms with E-state index in [4.69, 9.17) is 5.84 Å². The molecule has 1 aromatic carbocycles. The Morgan fingerprint density at radius 1 is 1.35 bits per heavy atom. The lowest BCUT2D eigenvalue weighted by molar-refractivity contribution is -0.137. The van der Waals surface area contributed by atoms with E-state index < -0.39 is 23.0 Å². The topological polar surface area (TPSA) is 50.9 Å². The van der Waals surface area contributed by atoms with Crippen molar-refractivity contribution in [1.82, 2.24) is 10.4 Å². The Hall–Kier alpha value is -1.03. The van der Waals surface area contributed by atoms with Crippen LogP contribution in [0.1, 0.15) is 21.5 Å². The summed E-state index contributed by atoms with van der Waals surface area (Å²) in [6, 6.07) is 3.46. The van der Waals surface area contributed by atoms with Crippen LogP contribution >= 0.6 is 27.3 Å². The number of nitrogens with one attached hydrogen (secondary N) is 1. The van der Waals surface area contributed by atoms with Crippen LogP contribution in [0, 0.1) is 5.82 Å². The molecule has 0 aliphatic carbocycles. The molecule has 3 nitrogen and oxygen atoms in total. The van der Waals surface area contributed by atoms with Gasteiger partial charge in [-0.05, 0) is 33.6 Å². The van der Waals surface area contributed by atoms with Gasteiger partial charge in [0.15, 0.2) is 5.01 Å². The highest BCUT2D eigenvalue weighted by atomic mass is 79.9. The number of aromatic nitrogens is 1. The van der Waals surface area contributed by atoms with Crippen molar-refractivity contribution in [3.8, 4) is 0 Å². The zero-order valence-electron chi connectivity index (χ0n) is 9.71. The van der Waals surface area contributed by atoms with Crippen LogP contribution in [0.2, 0.25) is 0 Å². The molecule has 2 aromatic rings. The minimum atomic E-state index is -4.51. The standard InChI is InChI=1S/C11H8BrF4N3S/c12-6-2-1-5(3-7(6)13)9(19-17)8-4-18-10(20-8)11(14,15)16/h1-4,9,19H,17H2. The van der Waals surface area contributed by atoms with Gasteiger partial charge < -0.3 is 0 Å². The van der Waals surface area contributed by atoms with E-state index in [0.717, 1.165) is 6.20 Å². The van der Waals surface area contributed by atoms with E-state index in [1.54, 1.807) is 6.07 Å². The summed E-state index contributed by atoms with van der Waals surface area (Å²) in [6.45, 7) is 0. The maximum atomic E-state index is 13.5. The molecule has 0 aliphatic heterocycles. The molecule has 1 atom stereocenters. The number of hydrogen-bond acceptors (Lipinski definition) is 4. The maximum absolute atomic E-state index is 13.5. The number of rotatable bonds is 3. The van der Waals surface area contributed by atoms with Crippen LogP contribution in [-0.2, 0) is 6.18 Å². The number of nitrogens with two attached hydrogens (primary N) is 1. The molecule has 9 heteroatoms. The molecule has 0 saturated heterocycles. The second-order valence-corrected chi connectivity index (χ2v) is 5.76. The number of alkyl halides is 3. The number of nitrogens with zero attached hydrogens (tertiary/aromatic N) is 1. The predicted molar refractivity (Wildman–Crippen MR) is 70.4 cm³/mol. The Balaban J connectivity index is 2.37. The number of benzene rings is 1. The minimum absolute atomic E-state index is 0.251. The van der Waals surface area contributed by atoms with Crippen molar-refractivity contribution >= 4 is 27.3 Å². The lowest BCUT2D eigenvalue weighted by Crippen LogP contribution is -2.28. The van der Waals surface area contributed by atoms with Gasteiger partial charge in [-0.1, -0.05) is 6.07 Å². The van der Waals surface area contributed by atoms with Crippen molar-refractivity contribution in [2.75, 3.05) is 0 Å². The third kappa shape index (κ3) is 3.17. The first-order chi connectivity index (χ1) is 9.32. The van der Waals surface area contributed by atoms with Crippen molar-refractivity contribution in [1.29, 1.82) is 0 Å². The molecular weight excluding hydrogens is 362 g/mol. The summed E-state index contributed by atoms with van der Waals surface area (Å²) < 4.78 is 51.3. The molecule has 0 aliphatic rings. The van der Waals surface area contributed by atoms with Crippen LogP contribution in [0.3, 0.4) is 0 Å². The highest BCUT2D eigenvalue weighted by Crippen LogP contribution is 2.36. The first kappa shape index (κ1) is 15.4. The fourth-order valence-corrected chi connectivity index (χ4v) is 2.70. The van der Waals surface area contributed by atoms with Crippen LogP contribution in [-0.4, -0.2) is 4.98 Å². The quantitative estimate of drug-likeness (QED) is 0.493. The maximum Gasteiger partial charge on any atom is 0.443 e. The Morgan fingerprint density at radius 3 is 2.55 bits per heavy atom. The summed E-state index contributed by atoms with van der Waals surface area (Å²) in [5.41, 5.74) is 2.78. The van der Waals surface area contributed by atoms with Gasteiger partial charge in [0.2, 0.25) is 0 Å². The van der Waals surface area contributed by atoms with Gasteiger partial charge >= 0.3 is 6.18 Å². The molecule has 0 radical (unpaired) electrons. The van der Waals surface area contributed by atoms with Gasteiger partial charge in [-0.25, -0.2) is 14.8 Å². The smallest absolute Gasteiger partial charge is 0.271 e. The molecule has 2 rings (SSSR count). The average molecular weight is 370 g/mol. The third-order valence-electron chi connectivity index (χ3n) is 2.49. The minimum Gasteiger partial charge on any atom is -0.271 e. The van der Waals surface area contributed by atoms with E-state index in [2.05, 4.69) is 26.3 Å². The van der Waals surface area contributed by atoms with Gasteiger partial charge in [0.05, 0.1) is 10.5 Å². The Kier molecular flexibility index (Phi) is 4.43. The van der Waals surface area contributed by atoms with Gasteiger partial charge in [-0.3, -0.25) is 5.84 Å². The normalized spacial score (nSPS) is 13.5.